The molecule has 36 heavy (non-hydrogen) atoms. The number of hydrogen-bond acceptors (Lipinski definition) is 8. The molecule has 194 valence electrons. The number of ether oxygens (including phenoxy) is 2. The molecule has 1 aliphatic rings. The average Bonchev–Trinajstić information content (AvgIpc) is 3.18. The Morgan fingerprint density at radius 2 is 1.83 bits per heavy atom. The molecule has 1 aromatic carbocycles. The van der Waals surface area contributed by atoms with Crippen molar-refractivity contribution in [3.05, 3.63) is 34.0 Å². The molecular weight excluding hydrogens is 546 g/mol. The molecule has 0 saturated carbocycles. The largest absolute Gasteiger partial charge is 0.604 e. The van der Waals surface area contributed by atoms with Crippen LogP contribution in [0.4, 0.5) is 32.2 Å². The van der Waals surface area contributed by atoms with Crippen molar-refractivity contribution in [3.63, 3.8) is 0 Å². The average molecular weight is 559 g/mol. The maximum absolute atomic E-state index is 13.6. The van der Waals surface area contributed by atoms with E-state index in [1.165, 1.54) is 6.07 Å². The summed E-state index contributed by atoms with van der Waals surface area (Å²) in [6.45, 7) is 0. The first-order valence-electron chi connectivity index (χ1n) is 9.38. The lowest BCUT2D eigenvalue weighted by Crippen LogP contribution is -2.56. The second kappa shape index (κ2) is 9.05. The van der Waals surface area contributed by atoms with Gasteiger partial charge in [-0.15, -0.1) is 18.3 Å². The highest BCUT2D eigenvalue weighted by Gasteiger charge is 2.59. The number of fused-ring (bicyclic) bond motifs is 3. The van der Waals surface area contributed by atoms with E-state index in [4.69, 9.17) is 16.3 Å². The molecule has 2 atom stereocenters. The van der Waals surface area contributed by atoms with E-state index in [0.29, 0.717) is 21.7 Å². The predicted octanol–water partition coefficient (Wildman–Crippen LogP) is 3.42. The predicted molar refractivity (Wildman–Crippen MR) is 109 cm³/mol. The van der Waals surface area contributed by atoms with Crippen LogP contribution in [0.3, 0.4) is 0 Å². The Hall–Kier alpha value is -3.16. The van der Waals surface area contributed by atoms with Gasteiger partial charge < -0.3 is 18.9 Å². The lowest BCUT2D eigenvalue weighted by molar-refractivity contribution is -0.154. The Morgan fingerprint density at radius 1 is 1.22 bits per heavy atom. The summed E-state index contributed by atoms with van der Waals surface area (Å²) in [5.74, 6) is -3.34. The zero-order valence-electron chi connectivity index (χ0n) is 18.2. The van der Waals surface area contributed by atoms with Gasteiger partial charge >= 0.3 is 23.6 Å². The summed E-state index contributed by atoms with van der Waals surface area (Å²) in [5.41, 5.74) is -11.6. The quantitative estimate of drug-likeness (QED) is 0.318. The van der Waals surface area contributed by atoms with E-state index in [1.807, 2.05) is 0 Å². The number of benzene rings is 1. The minimum Gasteiger partial charge on any atom is -0.604 e. The van der Waals surface area contributed by atoms with Gasteiger partial charge in [0.05, 0.1) is 36.9 Å². The fourth-order valence-corrected chi connectivity index (χ4v) is 5.02. The lowest BCUT2D eigenvalue weighted by Gasteiger charge is -2.44. The molecule has 0 amide bonds. The first-order chi connectivity index (χ1) is 16.6. The molecule has 17 heteroatoms. The van der Waals surface area contributed by atoms with Crippen molar-refractivity contribution in [1.82, 2.24) is 9.78 Å². The van der Waals surface area contributed by atoms with E-state index in [0.717, 1.165) is 21.3 Å². The molecule has 3 rings (SSSR count). The van der Waals surface area contributed by atoms with Crippen molar-refractivity contribution >= 4 is 40.5 Å². The van der Waals surface area contributed by atoms with Crippen LogP contribution < -0.4 is 4.90 Å². The monoisotopic (exact) mass is 558 g/mol. The molecule has 0 spiro atoms. The molecular formula is C19H13ClF6N4O5S. The van der Waals surface area contributed by atoms with Gasteiger partial charge in [-0.25, -0.2) is 9.48 Å². The van der Waals surface area contributed by atoms with Crippen molar-refractivity contribution in [1.29, 1.82) is 5.26 Å². The molecule has 0 N–H and O–H groups in total. The van der Waals surface area contributed by atoms with Gasteiger partial charge in [0, 0.05) is 12.6 Å². The molecule has 2 unspecified atom stereocenters. The number of carbonyl (C=O) groups excluding carboxylic acids is 2. The Balaban J connectivity index is 2.58. The maximum atomic E-state index is 13.6. The number of methoxy groups -OCH3 is 2. The maximum Gasteiger partial charge on any atom is 0.578 e. The fourth-order valence-electron chi connectivity index (χ4n) is 3.84. The van der Waals surface area contributed by atoms with Gasteiger partial charge in [0.2, 0.25) is 10.6 Å². The number of hydrogen-bond donors (Lipinski definition) is 0. The molecule has 9 nitrogen and oxygen atoms in total. The number of nitriles is 1. The second-order valence-corrected chi connectivity index (χ2v) is 9.07. The summed E-state index contributed by atoms with van der Waals surface area (Å²) >= 11 is 2.23. The first-order valence-corrected chi connectivity index (χ1v) is 10.9. The minimum atomic E-state index is -5.41. The Bertz CT molecular complexity index is 1290. The zero-order chi connectivity index (χ0) is 27.4. The van der Waals surface area contributed by atoms with Crippen LogP contribution in [0.25, 0.3) is 5.69 Å². The van der Waals surface area contributed by atoms with Gasteiger partial charge in [0.1, 0.15) is 17.2 Å². The van der Waals surface area contributed by atoms with Gasteiger partial charge in [-0.05, 0) is 12.1 Å². The standard InChI is InChI=1S/C19H13ClF6N4O5S/c1-29-15-14(36(33)19(24,25)26)11(7-27)28-30(15)13-9(4-8(5-10(13)20)18(21,22)23)17(29,16(32)35-3)6-12(31)34-2/h4-5H,6H2,1-3H3. The fraction of sp³-hybridized carbons (Fsp3) is 0.368. The van der Waals surface area contributed by atoms with Crippen LogP contribution >= 0.6 is 11.6 Å². The normalized spacial score (nSPS) is 18.1. The summed E-state index contributed by atoms with van der Waals surface area (Å²) < 4.78 is 104. The second-order valence-electron chi connectivity index (χ2n) is 7.26. The zero-order valence-corrected chi connectivity index (χ0v) is 19.8. The highest BCUT2D eigenvalue weighted by molar-refractivity contribution is 7.92. The van der Waals surface area contributed by atoms with Crippen LogP contribution in [0, 0.1) is 11.3 Å². The van der Waals surface area contributed by atoms with Crippen LogP contribution in [0.15, 0.2) is 17.0 Å². The number of anilines is 1. The van der Waals surface area contributed by atoms with Crippen molar-refractivity contribution in [2.24, 2.45) is 0 Å². The van der Waals surface area contributed by atoms with Gasteiger partial charge in [-0.3, -0.25) is 4.79 Å². The van der Waals surface area contributed by atoms with Crippen molar-refractivity contribution in [2.75, 3.05) is 26.2 Å². The first kappa shape index (κ1) is 27.4. The summed E-state index contributed by atoms with van der Waals surface area (Å²) in [7, 11) is 2.66. The van der Waals surface area contributed by atoms with Gasteiger partial charge in [-0.1, -0.05) is 11.6 Å². The van der Waals surface area contributed by atoms with E-state index in [2.05, 4.69) is 9.84 Å². The van der Waals surface area contributed by atoms with E-state index >= 15 is 0 Å². The van der Waals surface area contributed by atoms with Crippen LogP contribution in [0.1, 0.15) is 23.2 Å². The van der Waals surface area contributed by atoms with Crippen molar-refractivity contribution in [2.45, 2.75) is 28.5 Å². The third-order valence-electron chi connectivity index (χ3n) is 5.41. The Labute approximate surface area is 206 Å². The number of alkyl halides is 6. The molecule has 0 radical (unpaired) electrons. The van der Waals surface area contributed by atoms with Crippen LogP contribution in [-0.4, -0.2) is 53.0 Å². The Kier molecular flexibility index (Phi) is 6.90. The third kappa shape index (κ3) is 4.10. The number of likely N-dealkylation sites (N-methyl/N-ethyl adjacent to an activating group) is 1. The summed E-state index contributed by atoms with van der Waals surface area (Å²) in [5, 5.41) is 12.4. The van der Waals surface area contributed by atoms with E-state index in [9.17, 15) is 45.7 Å². The van der Waals surface area contributed by atoms with E-state index in [1.54, 1.807) is 0 Å². The minimum absolute atomic E-state index is 0.420. The Morgan fingerprint density at radius 3 is 2.31 bits per heavy atom. The molecule has 2 aromatic rings. The highest BCUT2D eigenvalue weighted by atomic mass is 35.5. The number of halogens is 7. The van der Waals surface area contributed by atoms with Crippen LogP contribution in [0.2, 0.25) is 5.02 Å². The van der Waals surface area contributed by atoms with E-state index < -0.39 is 85.0 Å². The molecule has 0 aliphatic carbocycles. The SMILES string of the molecule is COC(=O)CC1(C(=O)OC)c2cc(C(F)(F)F)cc(Cl)c2-n2nc(C#N)c([S+]([O-])C(F)(F)F)c2N1C. The smallest absolute Gasteiger partial charge is 0.578 e. The summed E-state index contributed by atoms with van der Waals surface area (Å²) in [6, 6.07) is 2.23. The van der Waals surface area contributed by atoms with Crippen LogP contribution in [0.5, 0.6) is 0 Å². The summed E-state index contributed by atoms with van der Waals surface area (Å²) in [6.07, 6.45) is -6.07. The molecule has 0 bridgehead atoms. The van der Waals surface area contributed by atoms with Gasteiger partial charge in [0.15, 0.2) is 11.4 Å². The molecule has 1 aromatic heterocycles. The highest BCUT2D eigenvalue weighted by Crippen LogP contribution is 2.52. The number of rotatable bonds is 4. The number of esters is 2. The third-order valence-corrected chi connectivity index (χ3v) is 6.86. The number of carbonyl (C=O) groups is 2. The number of aromatic nitrogens is 2. The van der Waals surface area contributed by atoms with Crippen LogP contribution in [-0.2, 0) is 42.0 Å². The van der Waals surface area contributed by atoms with Gasteiger partial charge in [0.25, 0.3) is 0 Å². The number of nitrogens with zero attached hydrogens (tertiary/aromatic N) is 4. The van der Waals surface area contributed by atoms with Crippen molar-refractivity contribution in [3.8, 4) is 11.8 Å². The lowest BCUT2D eigenvalue weighted by atomic mass is 9.81. The topological polar surface area (TPSA) is 121 Å². The summed E-state index contributed by atoms with van der Waals surface area (Å²) in [4.78, 5) is 25.0. The molecule has 2 heterocycles. The van der Waals surface area contributed by atoms with Crippen molar-refractivity contribution < 1.29 is 50.0 Å². The molecule has 1 aliphatic heterocycles. The molecule has 0 fully saturated rings. The van der Waals surface area contributed by atoms with Gasteiger partial charge in [-0.2, -0.15) is 18.4 Å². The van der Waals surface area contributed by atoms with E-state index in [-0.39, 0.29) is 0 Å². The molecule has 0 saturated heterocycles.